The minimum Gasteiger partial charge on any atom is -0.508 e. The molecule has 0 radical (unpaired) electrons. The van der Waals surface area contributed by atoms with Gasteiger partial charge in [-0.15, -0.1) is 0 Å². The highest BCUT2D eigenvalue weighted by Gasteiger charge is 2.30. The van der Waals surface area contributed by atoms with Gasteiger partial charge in [-0.05, 0) is 42.8 Å². The summed E-state index contributed by atoms with van der Waals surface area (Å²) in [7, 11) is 0. The molecule has 2 aromatic carbocycles. The maximum Gasteiger partial charge on any atom is 0.416 e. The zero-order valence-electron chi connectivity index (χ0n) is 14.0. The number of aliphatic hydroxyl groups excluding tert-OH is 1. The van der Waals surface area contributed by atoms with Crippen molar-refractivity contribution < 1.29 is 28.2 Å². The number of hydrogen-bond donors (Lipinski definition) is 3. The normalized spacial score (nSPS) is 12.5. The molecule has 1 atom stereocenters. The van der Waals surface area contributed by atoms with Crippen molar-refractivity contribution in [3.8, 4) is 5.75 Å². The smallest absolute Gasteiger partial charge is 0.416 e. The Hall–Kier alpha value is -2.74. The zero-order valence-corrected chi connectivity index (χ0v) is 14.0. The second-order valence-electron chi connectivity index (χ2n) is 5.66. The predicted molar refractivity (Wildman–Crippen MR) is 90.8 cm³/mol. The van der Waals surface area contributed by atoms with Gasteiger partial charge in [0, 0.05) is 12.2 Å². The predicted octanol–water partition coefficient (Wildman–Crippen LogP) is 4.00. The average Bonchev–Trinajstić information content (AvgIpc) is 2.58. The molecule has 0 aliphatic rings. The van der Waals surface area contributed by atoms with Crippen molar-refractivity contribution in [2.75, 3.05) is 18.4 Å². The van der Waals surface area contributed by atoms with Crippen LogP contribution in [0.15, 0.2) is 48.5 Å². The lowest BCUT2D eigenvalue weighted by Gasteiger charge is -2.24. The molecule has 2 rings (SSSR count). The van der Waals surface area contributed by atoms with Crippen LogP contribution in [0.2, 0.25) is 0 Å². The van der Waals surface area contributed by atoms with Crippen molar-refractivity contribution in [3.63, 3.8) is 0 Å². The monoisotopic (exact) mass is 368 g/mol. The summed E-state index contributed by atoms with van der Waals surface area (Å²) in [6.45, 7) is 1.84. The molecule has 0 bridgehead atoms. The summed E-state index contributed by atoms with van der Waals surface area (Å²) in [6.07, 6.45) is -5.55. The molecule has 0 fully saturated rings. The molecule has 0 saturated heterocycles. The number of benzene rings is 2. The van der Waals surface area contributed by atoms with Gasteiger partial charge >= 0.3 is 12.2 Å². The number of urea groups is 1. The SMILES string of the molecule is CCN(C[C@H](O)c1cccc(O)c1)C(=O)Nc1cccc(C(F)(F)F)c1. The molecule has 2 aromatic rings. The van der Waals surface area contributed by atoms with Gasteiger partial charge in [0.15, 0.2) is 0 Å². The van der Waals surface area contributed by atoms with E-state index < -0.39 is 23.9 Å². The number of likely N-dealkylation sites (N-methyl/N-ethyl adjacent to an activating group) is 1. The lowest BCUT2D eigenvalue weighted by atomic mass is 10.1. The fraction of sp³-hybridized carbons (Fsp3) is 0.278. The van der Waals surface area contributed by atoms with Crippen LogP contribution in [-0.2, 0) is 6.18 Å². The number of nitrogens with zero attached hydrogens (tertiary/aromatic N) is 1. The summed E-state index contributed by atoms with van der Waals surface area (Å²) in [5.41, 5.74) is -0.427. The van der Waals surface area contributed by atoms with Crippen LogP contribution < -0.4 is 5.32 Å². The standard InChI is InChI=1S/C18H19F3N2O3/c1-2-23(11-16(25)12-5-3-8-15(24)9-12)17(26)22-14-7-4-6-13(10-14)18(19,20)21/h3-10,16,24-25H,2,11H2,1H3,(H,22,26)/t16-/m0/s1. The number of phenols is 1. The minimum atomic E-state index is -4.50. The van der Waals surface area contributed by atoms with Crippen LogP contribution in [0.4, 0.5) is 23.7 Å². The van der Waals surface area contributed by atoms with Gasteiger partial charge in [-0.3, -0.25) is 0 Å². The number of hydrogen-bond acceptors (Lipinski definition) is 3. The first kappa shape index (κ1) is 19.6. The zero-order chi connectivity index (χ0) is 19.3. The number of carbonyl (C=O) groups excluding carboxylic acids is 1. The molecule has 0 unspecified atom stereocenters. The summed E-state index contributed by atoms with van der Waals surface area (Å²) < 4.78 is 38.2. The molecule has 0 heterocycles. The summed E-state index contributed by atoms with van der Waals surface area (Å²) >= 11 is 0. The minimum absolute atomic E-state index is 0.00937. The van der Waals surface area contributed by atoms with Crippen LogP contribution in [0.5, 0.6) is 5.75 Å². The van der Waals surface area contributed by atoms with E-state index in [-0.39, 0.29) is 24.5 Å². The van der Waals surface area contributed by atoms with E-state index in [1.807, 2.05) is 0 Å². The average molecular weight is 368 g/mol. The Morgan fingerprint density at radius 3 is 2.50 bits per heavy atom. The number of aromatic hydroxyl groups is 1. The van der Waals surface area contributed by atoms with E-state index in [4.69, 9.17) is 0 Å². The molecule has 3 N–H and O–H groups in total. The largest absolute Gasteiger partial charge is 0.508 e. The molecule has 26 heavy (non-hydrogen) atoms. The van der Waals surface area contributed by atoms with Crippen LogP contribution in [-0.4, -0.2) is 34.2 Å². The lowest BCUT2D eigenvalue weighted by Crippen LogP contribution is -2.37. The maximum absolute atomic E-state index is 12.7. The van der Waals surface area contributed by atoms with Crippen LogP contribution in [0.1, 0.15) is 24.2 Å². The Labute approximate surface area is 148 Å². The fourth-order valence-electron chi connectivity index (χ4n) is 2.38. The molecule has 8 heteroatoms. The first-order chi connectivity index (χ1) is 12.2. The van der Waals surface area contributed by atoms with Crippen molar-refractivity contribution >= 4 is 11.7 Å². The van der Waals surface area contributed by atoms with E-state index in [1.165, 1.54) is 29.2 Å². The van der Waals surface area contributed by atoms with Crippen LogP contribution in [0, 0.1) is 0 Å². The Bertz CT molecular complexity index is 765. The van der Waals surface area contributed by atoms with Crippen LogP contribution in [0.3, 0.4) is 0 Å². The van der Waals surface area contributed by atoms with Crippen LogP contribution in [0.25, 0.3) is 0 Å². The molecule has 140 valence electrons. The van der Waals surface area contributed by atoms with Gasteiger partial charge in [0.2, 0.25) is 0 Å². The van der Waals surface area contributed by atoms with E-state index in [2.05, 4.69) is 5.32 Å². The Balaban J connectivity index is 2.07. The number of aliphatic hydroxyl groups is 1. The highest BCUT2D eigenvalue weighted by molar-refractivity contribution is 5.89. The Morgan fingerprint density at radius 2 is 1.88 bits per heavy atom. The van der Waals surface area contributed by atoms with Crippen molar-refractivity contribution in [2.45, 2.75) is 19.2 Å². The third-order valence-corrected chi connectivity index (χ3v) is 3.76. The van der Waals surface area contributed by atoms with Gasteiger partial charge < -0.3 is 20.4 Å². The van der Waals surface area contributed by atoms with Crippen molar-refractivity contribution in [1.82, 2.24) is 4.90 Å². The molecular formula is C18H19F3N2O3. The quantitative estimate of drug-likeness (QED) is 0.747. The lowest BCUT2D eigenvalue weighted by molar-refractivity contribution is -0.137. The second-order valence-corrected chi connectivity index (χ2v) is 5.66. The number of rotatable bonds is 5. The third-order valence-electron chi connectivity index (χ3n) is 3.76. The first-order valence-electron chi connectivity index (χ1n) is 7.91. The van der Waals surface area contributed by atoms with E-state index >= 15 is 0 Å². The van der Waals surface area contributed by atoms with Gasteiger partial charge in [0.05, 0.1) is 18.2 Å². The van der Waals surface area contributed by atoms with Gasteiger partial charge in [-0.1, -0.05) is 18.2 Å². The number of halogens is 3. The summed E-state index contributed by atoms with van der Waals surface area (Å²) in [5.74, 6) is -0.0157. The molecule has 0 aliphatic carbocycles. The molecule has 0 spiro atoms. The van der Waals surface area contributed by atoms with Crippen LogP contribution >= 0.6 is 0 Å². The van der Waals surface area contributed by atoms with Gasteiger partial charge in [0.25, 0.3) is 0 Å². The topological polar surface area (TPSA) is 72.8 Å². The first-order valence-corrected chi connectivity index (χ1v) is 7.91. The van der Waals surface area contributed by atoms with Gasteiger partial charge in [0.1, 0.15) is 5.75 Å². The summed E-state index contributed by atoms with van der Waals surface area (Å²) in [5, 5.41) is 22.1. The van der Waals surface area contributed by atoms with E-state index in [0.717, 1.165) is 12.1 Å². The number of nitrogens with one attached hydrogen (secondary N) is 1. The maximum atomic E-state index is 12.7. The highest BCUT2D eigenvalue weighted by atomic mass is 19.4. The van der Waals surface area contributed by atoms with E-state index in [1.54, 1.807) is 19.1 Å². The molecular weight excluding hydrogens is 349 g/mol. The van der Waals surface area contributed by atoms with E-state index in [9.17, 15) is 28.2 Å². The Morgan fingerprint density at radius 1 is 1.19 bits per heavy atom. The van der Waals surface area contributed by atoms with Gasteiger partial charge in [-0.2, -0.15) is 13.2 Å². The van der Waals surface area contributed by atoms with Crippen molar-refractivity contribution in [3.05, 3.63) is 59.7 Å². The van der Waals surface area contributed by atoms with Gasteiger partial charge in [-0.25, -0.2) is 4.79 Å². The summed E-state index contributed by atoms with van der Waals surface area (Å²) in [4.78, 5) is 13.6. The van der Waals surface area contributed by atoms with Crippen molar-refractivity contribution in [1.29, 1.82) is 0 Å². The molecule has 2 amide bonds. The number of alkyl halides is 3. The number of carbonyl (C=O) groups is 1. The highest BCUT2D eigenvalue weighted by Crippen LogP contribution is 2.30. The molecule has 0 aliphatic heterocycles. The fourth-order valence-corrected chi connectivity index (χ4v) is 2.38. The molecule has 0 saturated carbocycles. The molecule has 5 nitrogen and oxygen atoms in total. The number of amides is 2. The number of phenolic OH excluding ortho intramolecular Hbond substituents is 1. The number of anilines is 1. The Kier molecular flexibility index (Phi) is 6.10. The molecule has 0 aromatic heterocycles. The summed E-state index contributed by atoms with van der Waals surface area (Å²) in [6, 6.07) is 9.68. The van der Waals surface area contributed by atoms with Crippen molar-refractivity contribution in [2.24, 2.45) is 0 Å². The second kappa shape index (κ2) is 8.09. The van der Waals surface area contributed by atoms with E-state index in [0.29, 0.717) is 5.56 Å². The third kappa shape index (κ3) is 5.13.